The highest BCUT2D eigenvalue weighted by molar-refractivity contribution is 5.97. The van der Waals surface area contributed by atoms with Gasteiger partial charge in [-0.3, -0.25) is 4.79 Å². The van der Waals surface area contributed by atoms with Crippen LogP contribution in [0.4, 0.5) is 17.3 Å². The molecule has 0 bridgehead atoms. The Balaban J connectivity index is 1.27. The molecule has 0 aliphatic rings. The van der Waals surface area contributed by atoms with Crippen LogP contribution in [0.2, 0.25) is 0 Å². The van der Waals surface area contributed by atoms with E-state index in [4.69, 9.17) is 4.74 Å². The van der Waals surface area contributed by atoms with Crippen LogP contribution in [-0.4, -0.2) is 33.9 Å². The molecule has 0 radical (unpaired) electrons. The molecule has 198 valence electrons. The minimum Gasteiger partial charge on any atom is -0.437 e. The van der Waals surface area contributed by atoms with Gasteiger partial charge in [-0.05, 0) is 53.9 Å². The average molecular weight is 521 g/mol. The van der Waals surface area contributed by atoms with Crippen molar-refractivity contribution < 1.29 is 9.53 Å². The van der Waals surface area contributed by atoms with Crippen molar-refractivity contribution >= 4 is 34.3 Å². The highest BCUT2D eigenvalue weighted by atomic mass is 16.5. The lowest BCUT2D eigenvalue weighted by Gasteiger charge is -2.22. The molecule has 8 heteroatoms. The lowest BCUT2D eigenvalue weighted by atomic mass is 9.86. The van der Waals surface area contributed by atoms with Crippen LogP contribution in [0.3, 0.4) is 0 Å². The zero-order valence-electron chi connectivity index (χ0n) is 22.3. The number of rotatable bonds is 9. The Labute approximate surface area is 227 Å². The molecule has 0 atom stereocenters. The molecule has 3 aromatic carbocycles. The number of imidazole rings is 1. The fourth-order valence-corrected chi connectivity index (χ4v) is 4.23. The van der Waals surface area contributed by atoms with E-state index in [0.717, 1.165) is 28.0 Å². The van der Waals surface area contributed by atoms with Gasteiger partial charge < -0.3 is 25.7 Å². The van der Waals surface area contributed by atoms with Crippen molar-refractivity contribution in [1.29, 1.82) is 0 Å². The van der Waals surface area contributed by atoms with Crippen LogP contribution in [0, 0.1) is 0 Å². The van der Waals surface area contributed by atoms with E-state index in [-0.39, 0.29) is 11.3 Å². The molecule has 4 N–H and O–H groups in total. The molecule has 0 fully saturated rings. The predicted octanol–water partition coefficient (Wildman–Crippen LogP) is 6.63. The highest BCUT2D eigenvalue weighted by Crippen LogP contribution is 2.36. The number of pyridine rings is 1. The summed E-state index contributed by atoms with van der Waals surface area (Å²) < 4.78 is 6.27. The summed E-state index contributed by atoms with van der Waals surface area (Å²) in [4.78, 5) is 25.0. The molecule has 0 spiro atoms. The molecule has 0 saturated heterocycles. The number of benzene rings is 3. The monoisotopic (exact) mass is 520 g/mol. The Hall–Kier alpha value is -4.85. The smallest absolute Gasteiger partial charge is 0.251 e. The number of H-pyrrole nitrogens is 1. The number of fused-ring (bicyclic) bond motifs is 1. The summed E-state index contributed by atoms with van der Waals surface area (Å²) in [6.45, 7) is 7.58. The standard InChI is InChI=1S/C31H32N6O2/c1-31(2,3)23-12-7-8-14-27(23)39-29-25(13-9-17-34-29)36-30-35-24-16-15-21(20-26(24)37-30)28(38)33-19-18-32-22-10-5-4-6-11-22/h4-17,20,32H,18-19H2,1-3H3,(H,33,38)(H2,35,36,37). The maximum atomic E-state index is 12.7. The number of carbonyl (C=O) groups excluding carboxylic acids is 1. The van der Waals surface area contributed by atoms with Crippen molar-refractivity contribution in [3.8, 4) is 11.6 Å². The molecular weight excluding hydrogens is 488 g/mol. The maximum Gasteiger partial charge on any atom is 0.251 e. The Bertz CT molecular complexity index is 1570. The SMILES string of the molecule is CC(C)(C)c1ccccc1Oc1ncccc1Nc1nc2ccc(C(=O)NCCNc3ccccc3)cc2[nH]1. The van der Waals surface area contributed by atoms with Crippen molar-refractivity contribution in [1.82, 2.24) is 20.3 Å². The zero-order chi connectivity index (χ0) is 27.2. The molecule has 0 aliphatic carbocycles. The fraction of sp³-hybridized carbons (Fsp3) is 0.194. The van der Waals surface area contributed by atoms with Gasteiger partial charge in [-0.15, -0.1) is 0 Å². The number of hydrogen-bond acceptors (Lipinski definition) is 6. The van der Waals surface area contributed by atoms with Gasteiger partial charge >= 0.3 is 0 Å². The van der Waals surface area contributed by atoms with Gasteiger partial charge in [-0.25, -0.2) is 9.97 Å². The summed E-state index contributed by atoms with van der Waals surface area (Å²) >= 11 is 0. The maximum absolute atomic E-state index is 12.7. The molecule has 39 heavy (non-hydrogen) atoms. The Kier molecular flexibility index (Phi) is 7.45. The minimum absolute atomic E-state index is 0.0832. The second-order valence-electron chi connectivity index (χ2n) is 10.2. The van der Waals surface area contributed by atoms with E-state index in [1.54, 1.807) is 18.3 Å². The number of ether oxygens (including phenoxy) is 1. The molecule has 5 rings (SSSR count). The second-order valence-corrected chi connectivity index (χ2v) is 10.2. The summed E-state index contributed by atoms with van der Waals surface area (Å²) in [6, 6.07) is 27.0. The van der Waals surface area contributed by atoms with Gasteiger partial charge in [-0.2, -0.15) is 0 Å². The molecule has 0 aliphatic heterocycles. The molecule has 2 aromatic heterocycles. The number of para-hydroxylation sites is 2. The molecular formula is C31H32N6O2. The third kappa shape index (κ3) is 6.35. The van der Waals surface area contributed by atoms with Crippen molar-refractivity contribution in [2.75, 3.05) is 23.7 Å². The zero-order valence-corrected chi connectivity index (χ0v) is 22.3. The van der Waals surface area contributed by atoms with E-state index in [1.165, 1.54) is 0 Å². The van der Waals surface area contributed by atoms with Crippen molar-refractivity contribution in [3.63, 3.8) is 0 Å². The van der Waals surface area contributed by atoms with Gasteiger partial charge in [-0.1, -0.05) is 57.2 Å². The van der Waals surface area contributed by atoms with Crippen LogP contribution in [0.15, 0.2) is 91.1 Å². The van der Waals surface area contributed by atoms with Crippen molar-refractivity contribution in [3.05, 3.63) is 102 Å². The van der Waals surface area contributed by atoms with Crippen LogP contribution in [0.1, 0.15) is 36.7 Å². The van der Waals surface area contributed by atoms with Gasteiger partial charge in [0.15, 0.2) is 0 Å². The van der Waals surface area contributed by atoms with Crippen LogP contribution in [0.5, 0.6) is 11.6 Å². The number of amides is 1. The summed E-state index contributed by atoms with van der Waals surface area (Å²) in [5.41, 5.74) is 4.74. The number of hydrogen-bond donors (Lipinski definition) is 4. The number of aromatic amines is 1. The molecule has 2 heterocycles. The minimum atomic E-state index is -0.142. The van der Waals surface area contributed by atoms with Gasteiger partial charge in [0, 0.05) is 36.1 Å². The average Bonchev–Trinajstić information content (AvgIpc) is 3.34. The normalized spacial score (nSPS) is 11.3. The van der Waals surface area contributed by atoms with Gasteiger partial charge in [0.05, 0.1) is 11.0 Å². The first-order valence-electron chi connectivity index (χ1n) is 12.9. The summed E-state index contributed by atoms with van der Waals surface area (Å²) in [5, 5.41) is 9.52. The quantitative estimate of drug-likeness (QED) is 0.163. The number of aromatic nitrogens is 3. The van der Waals surface area contributed by atoms with Crippen LogP contribution in [-0.2, 0) is 5.41 Å². The summed E-state index contributed by atoms with van der Waals surface area (Å²) in [5.74, 6) is 1.58. The molecule has 8 nitrogen and oxygen atoms in total. The predicted molar refractivity (Wildman–Crippen MR) is 156 cm³/mol. The van der Waals surface area contributed by atoms with Gasteiger partial charge in [0.1, 0.15) is 11.4 Å². The number of carbonyl (C=O) groups is 1. The van der Waals surface area contributed by atoms with Gasteiger partial charge in [0.2, 0.25) is 11.8 Å². The first-order chi connectivity index (χ1) is 18.9. The van der Waals surface area contributed by atoms with E-state index in [2.05, 4.69) is 57.7 Å². The second kappa shape index (κ2) is 11.3. The van der Waals surface area contributed by atoms with E-state index >= 15 is 0 Å². The lowest BCUT2D eigenvalue weighted by Crippen LogP contribution is -2.28. The largest absolute Gasteiger partial charge is 0.437 e. The number of anilines is 3. The summed E-state index contributed by atoms with van der Waals surface area (Å²) in [6.07, 6.45) is 1.69. The Morgan fingerprint density at radius 2 is 1.72 bits per heavy atom. The molecule has 0 unspecified atom stereocenters. The van der Waals surface area contributed by atoms with E-state index < -0.39 is 0 Å². The Morgan fingerprint density at radius 1 is 0.923 bits per heavy atom. The topological polar surface area (TPSA) is 104 Å². The summed E-state index contributed by atoms with van der Waals surface area (Å²) in [7, 11) is 0. The molecule has 0 saturated carbocycles. The van der Waals surface area contributed by atoms with Crippen molar-refractivity contribution in [2.45, 2.75) is 26.2 Å². The van der Waals surface area contributed by atoms with E-state index in [9.17, 15) is 4.79 Å². The molecule has 5 aromatic rings. The third-order valence-corrected chi connectivity index (χ3v) is 6.18. The first-order valence-corrected chi connectivity index (χ1v) is 12.9. The van der Waals surface area contributed by atoms with Crippen molar-refractivity contribution in [2.24, 2.45) is 0 Å². The Morgan fingerprint density at radius 3 is 2.54 bits per heavy atom. The first kappa shape index (κ1) is 25.8. The van der Waals surface area contributed by atoms with E-state index in [0.29, 0.717) is 36.2 Å². The van der Waals surface area contributed by atoms with E-state index in [1.807, 2.05) is 66.7 Å². The number of nitrogens with zero attached hydrogens (tertiary/aromatic N) is 2. The molecule has 1 amide bonds. The number of nitrogens with one attached hydrogen (secondary N) is 4. The third-order valence-electron chi connectivity index (χ3n) is 6.18. The van der Waals surface area contributed by atoms with Crippen LogP contribution >= 0.6 is 0 Å². The van der Waals surface area contributed by atoms with Crippen LogP contribution in [0.25, 0.3) is 11.0 Å². The van der Waals surface area contributed by atoms with Gasteiger partial charge in [0.25, 0.3) is 5.91 Å². The lowest BCUT2D eigenvalue weighted by molar-refractivity contribution is 0.0955. The highest BCUT2D eigenvalue weighted by Gasteiger charge is 2.20. The van der Waals surface area contributed by atoms with Crippen LogP contribution < -0.4 is 20.7 Å². The fourth-order valence-electron chi connectivity index (χ4n) is 4.23.